The highest BCUT2D eigenvalue weighted by molar-refractivity contribution is 5.71. The molecule has 0 aliphatic rings. The molecule has 9 heteroatoms. The third-order valence-corrected chi connectivity index (χ3v) is 13.8. The second kappa shape index (κ2) is 68.0. The van der Waals surface area contributed by atoms with Gasteiger partial charge < -0.3 is 28.5 Å². The van der Waals surface area contributed by atoms with E-state index >= 15 is 0 Å². The zero-order valence-corrected chi connectivity index (χ0v) is 56.8. The van der Waals surface area contributed by atoms with E-state index in [0.717, 1.165) is 161 Å². The summed E-state index contributed by atoms with van der Waals surface area (Å²) in [4.78, 5) is 37.6. The van der Waals surface area contributed by atoms with Gasteiger partial charge in [-0.3, -0.25) is 9.59 Å². The monoisotopic (exact) mass is 1230 g/mol. The number of rotatable bonds is 61. The predicted molar refractivity (Wildman–Crippen MR) is 382 cm³/mol. The average molecular weight is 1230 g/mol. The van der Waals surface area contributed by atoms with E-state index in [9.17, 15) is 19.5 Å². The van der Waals surface area contributed by atoms with Crippen LogP contribution in [0.5, 0.6) is 0 Å². The van der Waals surface area contributed by atoms with Crippen LogP contribution in [0.4, 0.5) is 0 Å². The number of carboxylic acids is 1. The van der Waals surface area contributed by atoms with Crippen LogP contribution in [0.3, 0.4) is 0 Å². The number of allylic oxidation sites excluding steroid dienone is 32. The Kier molecular flexibility index (Phi) is 63.6. The summed E-state index contributed by atoms with van der Waals surface area (Å²) in [5, 5.41) is 9.74. The fraction of sp³-hybridized carbons (Fsp3) is 0.562. The number of quaternary nitrogens is 1. The maximum Gasteiger partial charge on any atom is 0.361 e. The number of unbranched alkanes of at least 4 members (excludes halogenated alkanes) is 14. The molecule has 89 heavy (non-hydrogen) atoms. The first kappa shape index (κ1) is 83.1. The summed E-state index contributed by atoms with van der Waals surface area (Å²) in [6.45, 7) is 4.60. The van der Waals surface area contributed by atoms with E-state index < -0.39 is 24.3 Å². The van der Waals surface area contributed by atoms with Gasteiger partial charge in [-0.2, -0.15) is 0 Å². The van der Waals surface area contributed by atoms with Gasteiger partial charge in [0.15, 0.2) is 6.10 Å². The van der Waals surface area contributed by atoms with Crippen LogP contribution in [0, 0.1) is 0 Å². The van der Waals surface area contributed by atoms with Crippen molar-refractivity contribution in [3.05, 3.63) is 194 Å². The third-order valence-electron chi connectivity index (χ3n) is 13.8. The summed E-state index contributed by atoms with van der Waals surface area (Å²) >= 11 is 0. The summed E-state index contributed by atoms with van der Waals surface area (Å²) in [5.74, 6) is -2.06. The van der Waals surface area contributed by atoms with Gasteiger partial charge in [0.2, 0.25) is 0 Å². The Morgan fingerprint density at radius 1 is 0.337 bits per heavy atom. The highest BCUT2D eigenvalue weighted by Gasteiger charge is 2.25. The molecule has 0 bridgehead atoms. The molecule has 0 aromatic heterocycles. The first-order valence-electron chi connectivity index (χ1n) is 34.6. The molecule has 2 atom stereocenters. The Labute approximate surface area is 544 Å². The number of esters is 2. The molecule has 0 aliphatic heterocycles. The standard InChI is InChI=1S/C80H125NO8/c1-6-8-10-12-14-16-18-20-22-24-26-28-30-31-32-33-34-35-36-37-38-39-40-41-42-43-44-45-46-47-49-51-53-55-57-59-61-63-65-67-69-71-78(83)89-76(75-88-80(79(84)85)86-73-72-81(3,4)5)74-87-77(82)70-68-66-64-62-60-58-56-54-52-50-48-29-27-25-23-21-19-17-15-13-11-9-7-2/h8-11,14-17,20-23,26-29,31-32,34-35,37-38,40-41,43-44,46-47,50-53,76,80H,6-7,12-13,18-19,24-25,30,33,36,39,42,45,48-49,54-75H2,1-5H3/p+1/b10-8-,11-9-,16-14-,17-15-,22-20-,23-21-,28-26-,29-27-,32-31-,35-34-,38-37-,41-40-,44-43-,47-46-,52-50-,53-51-. The molecule has 2 unspecified atom stereocenters. The second-order valence-electron chi connectivity index (χ2n) is 23.4. The number of nitrogens with zero attached hydrogens (tertiary/aromatic N) is 1. The van der Waals surface area contributed by atoms with Crippen LogP contribution in [-0.2, 0) is 33.3 Å². The zero-order valence-electron chi connectivity index (χ0n) is 56.8. The van der Waals surface area contributed by atoms with Crippen molar-refractivity contribution in [2.45, 2.75) is 245 Å². The lowest BCUT2D eigenvalue weighted by Gasteiger charge is -2.25. The number of carboxylic acid groups (broad SMARTS) is 1. The second-order valence-corrected chi connectivity index (χ2v) is 23.4. The van der Waals surface area contributed by atoms with Crippen LogP contribution < -0.4 is 0 Å². The number of hydrogen-bond donors (Lipinski definition) is 1. The van der Waals surface area contributed by atoms with Crippen molar-refractivity contribution in [3.8, 4) is 0 Å². The topological polar surface area (TPSA) is 108 Å². The maximum atomic E-state index is 12.9. The summed E-state index contributed by atoms with van der Waals surface area (Å²) < 4.78 is 22.9. The molecule has 0 aromatic rings. The fourth-order valence-electron chi connectivity index (χ4n) is 8.63. The van der Waals surface area contributed by atoms with E-state index in [1.165, 1.54) is 38.5 Å². The lowest BCUT2D eigenvalue weighted by molar-refractivity contribution is -0.870. The normalized spacial score (nSPS) is 13.9. The largest absolute Gasteiger partial charge is 0.477 e. The summed E-state index contributed by atoms with van der Waals surface area (Å²) in [5.41, 5.74) is 0. The molecule has 0 radical (unpaired) electrons. The van der Waals surface area contributed by atoms with Gasteiger partial charge in [-0.25, -0.2) is 4.79 Å². The molecule has 0 saturated carbocycles. The van der Waals surface area contributed by atoms with Crippen LogP contribution in [-0.4, -0.2) is 87.4 Å². The van der Waals surface area contributed by atoms with Crippen LogP contribution in [0.2, 0.25) is 0 Å². The van der Waals surface area contributed by atoms with Crippen LogP contribution in [0.25, 0.3) is 0 Å². The van der Waals surface area contributed by atoms with Gasteiger partial charge in [-0.1, -0.05) is 272 Å². The Balaban J connectivity index is 4.24. The predicted octanol–water partition coefficient (Wildman–Crippen LogP) is 21.8. The number of aliphatic carboxylic acids is 1. The smallest absolute Gasteiger partial charge is 0.361 e. The molecule has 0 fully saturated rings. The number of hydrogen-bond acceptors (Lipinski definition) is 7. The van der Waals surface area contributed by atoms with Gasteiger partial charge >= 0.3 is 17.9 Å². The Morgan fingerprint density at radius 2 is 0.607 bits per heavy atom. The Bertz CT molecular complexity index is 2160. The average Bonchev–Trinajstić information content (AvgIpc) is 3.64. The van der Waals surface area contributed by atoms with Crippen molar-refractivity contribution in [1.29, 1.82) is 0 Å². The van der Waals surface area contributed by atoms with Crippen molar-refractivity contribution >= 4 is 17.9 Å². The number of carbonyl (C=O) groups is 3. The molecule has 9 nitrogen and oxygen atoms in total. The number of likely N-dealkylation sites (N-methyl/N-ethyl adjacent to an activating group) is 1. The molecular formula is C80H126NO8+. The lowest BCUT2D eigenvalue weighted by Crippen LogP contribution is -2.40. The summed E-state index contributed by atoms with van der Waals surface area (Å²) in [7, 11) is 5.95. The van der Waals surface area contributed by atoms with E-state index in [0.29, 0.717) is 17.4 Å². The van der Waals surface area contributed by atoms with Gasteiger partial charge in [0, 0.05) is 12.8 Å². The summed E-state index contributed by atoms with van der Waals surface area (Å²) in [6, 6.07) is 0. The lowest BCUT2D eigenvalue weighted by atomic mass is 10.1. The molecule has 0 aliphatic carbocycles. The van der Waals surface area contributed by atoms with E-state index in [1.54, 1.807) is 0 Å². The molecule has 498 valence electrons. The van der Waals surface area contributed by atoms with E-state index in [2.05, 4.69) is 208 Å². The fourth-order valence-corrected chi connectivity index (χ4v) is 8.63. The molecule has 0 heterocycles. The van der Waals surface area contributed by atoms with E-state index in [-0.39, 0.29) is 38.6 Å². The van der Waals surface area contributed by atoms with Gasteiger partial charge in [-0.15, -0.1) is 0 Å². The van der Waals surface area contributed by atoms with Crippen molar-refractivity contribution < 1.29 is 42.9 Å². The first-order chi connectivity index (χ1) is 43.6. The van der Waals surface area contributed by atoms with Crippen LogP contribution in [0.1, 0.15) is 232 Å². The van der Waals surface area contributed by atoms with Crippen molar-refractivity contribution in [1.82, 2.24) is 0 Å². The van der Waals surface area contributed by atoms with Gasteiger partial charge in [0.05, 0.1) is 34.4 Å². The zero-order chi connectivity index (χ0) is 64.7. The third kappa shape index (κ3) is 69.5. The minimum absolute atomic E-state index is 0.172. The molecule has 0 saturated heterocycles. The Morgan fingerprint density at radius 3 is 0.899 bits per heavy atom. The minimum atomic E-state index is -1.53. The number of ether oxygens (including phenoxy) is 4. The SMILES string of the molecule is CC/C=C\C/C=C\C/C=C\C/C=C\C/C=C\C/C=C\C/C=C\C/C=C\C/C=C\C/C=C\C/C=C\CCCCCCCCCC(=O)OC(COC(=O)CCCCCCCCC/C=C\C/C=C\C/C=C\C/C=C\C/C=C\CC)COC(OCC[N+](C)(C)C)C(=O)O. The van der Waals surface area contributed by atoms with E-state index in [1.807, 2.05) is 21.1 Å². The maximum absolute atomic E-state index is 12.9. The molecule has 0 aromatic carbocycles. The van der Waals surface area contributed by atoms with Gasteiger partial charge in [0.25, 0.3) is 6.29 Å². The quantitative estimate of drug-likeness (QED) is 0.0211. The minimum Gasteiger partial charge on any atom is -0.477 e. The van der Waals surface area contributed by atoms with Crippen LogP contribution >= 0.6 is 0 Å². The highest BCUT2D eigenvalue weighted by atomic mass is 16.7. The molecular weight excluding hydrogens is 1100 g/mol. The molecule has 0 amide bonds. The molecule has 1 N–H and O–H groups in total. The van der Waals surface area contributed by atoms with Crippen LogP contribution in [0.15, 0.2) is 194 Å². The first-order valence-corrected chi connectivity index (χ1v) is 34.6. The molecule has 0 spiro atoms. The van der Waals surface area contributed by atoms with E-state index in [4.69, 9.17) is 18.9 Å². The Hall–Kier alpha value is -5.87. The van der Waals surface area contributed by atoms with Crippen molar-refractivity contribution in [2.75, 3.05) is 47.5 Å². The van der Waals surface area contributed by atoms with Crippen molar-refractivity contribution in [3.63, 3.8) is 0 Å². The molecule has 0 rings (SSSR count). The number of carbonyl (C=O) groups excluding carboxylic acids is 2. The summed E-state index contributed by atoms with van der Waals surface area (Å²) in [6.07, 6.45) is 102. The van der Waals surface area contributed by atoms with Gasteiger partial charge in [0.1, 0.15) is 13.2 Å². The van der Waals surface area contributed by atoms with Gasteiger partial charge in [-0.05, 0) is 141 Å². The highest BCUT2D eigenvalue weighted by Crippen LogP contribution is 2.14. The van der Waals surface area contributed by atoms with Crippen molar-refractivity contribution in [2.24, 2.45) is 0 Å².